The first kappa shape index (κ1) is 18.0. The smallest absolute Gasteiger partial charge is 0.756 e. The fourth-order valence-electron chi connectivity index (χ4n) is 0.570. The van der Waals surface area contributed by atoms with Gasteiger partial charge in [0.1, 0.15) is 18.8 Å². The van der Waals surface area contributed by atoms with Crippen molar-refractivity contribution in [3.8, 4) is 0 Å². The fraction of sp³-hybridized carbons (Fsp3) is 0.800. The largest absolute Gasteiger partial charge is 1.00 e. The summed E-state index contributed by atoms with van der Waals surface area (Å²) in [5, 5.41) is 26.0. The maximum Gasteiger partial charge on any atom is 1.00 e. The molecule has 0 aromatic rings. The van der Waals surface area contributed by atoms with Crippen molar-refractivity contribution in [2.45, 2.75) is 12.2 Å². The van der Waals surface area contributed by atoms with E-state index in [2.05, 4.69) is 4.52 Å². The van der Waals surface area contributed by atoms with Gasteiger partial charge in [-0.05, 0) is 0 Å². The second kappa shape index (κ2) is 7.86. The Labute approximate surface area is 107 Å². The van der Waals surface area contributed by atoms with Crippen molar-refractivity contribution in [1.82, 2.24) is 0 Å². The molecule has 0 aliphatic rings. The topological polar surface area (TPSA) is 147 Å². The van der Waals surface area contributed by atoms with Crippen LogP contribution < -0.4 is 34.5 Å². The minimum atomic E-state index is -4.99. The average Bonchev–Trinajstić information content (AvgIpc) is 2.10. The van der Waals surface area contributed by atoms with E-state index in [1.807, 2.05) is 0 Å². The number of carbonyl (C=O) groups excluding carboxylic acids is 1. The zero-order valence-corrected chi connectivity index (χ0v) is 10.8. The van der Waals surface area contributed by atoms with E-state index in [1.54, 1.807) is 0 Å². The van der Waals surface area contributed by atoms with Crippen LogP contribution in [-0.2, 0) is 13.9 Å². The predicted octanol–water partition coefficient (Wildman–Crippen LogP) is -6.25. The Hall–Kier alpha value is 0.660. The van der Waals surface area contributed by atoms with Crippen LogP contribution in [0.4, 0.5) is 0 Å². The number of hydrogen-bond acceptors (Lipinski definition) is 7. The molecule has 0 amide bonds. The van der Waals surface area contributed by atoms with Gasteiger partial charge in [-0.1, -0.05) is 0 Å². The molecule has 0 heterocycles. The van der Waals surface area contributed by atoms with Crippen LogP contribution in [-0.4, -0.2) is 51.4 Å². The Morgan fingerprint density at radius 1 is 1.47 bits per heavy atom. The molecule has 8 nitrogen and oxygen atoms in total. The Balaban J connectivity index is 0. The number of aliphatic hydroxyl groups is 3. The molecule has 0 fully saturated rings. The van der Waals surface area contributed by atoms with Crippen LogP contribution >= 0.6 is 7.82 Å². The van der Waals surface area contributed by atoms with Crippen LogP contribution in [0, 0.1) is 0 Å². The summed E-state index contributed by atoms with van der Waals surface area (Å²) >= 11 is 0. The number of phosphoric ester groups is 1. The summed E-state index contributed by atoms with van der Waals surface area (Å²) in [6.07, 6.45) is -3.78. The number of rotatable bonds is 6. The average molecular weight is 252 g/mol. The van der Waals surface area contributed by atoms with E-state index in [9.17, 15) is 14.3 Å². The number of carbonyl (C=O) groups is 1. The zero-order chi connectivity index (χ0) is 11.4. The first-order valence-electron chi connectivity index (χ1n) is 3.46. The van der Waals surface area contributed by atoms with Gasteiger partial charge >= 0.3 is 29.6 Å². The van der Waals surface area contributed by atoms with Gasteiger partial charge in [-0.2, -0.15) is 0 Å². The molecule has 0 spiro atoms. The minimum absolute atomic E-state index is 0. The Kier molecular flexibility index (Phi) is 9.45. The van der Waals surface area contributed by atoms with Crippen molar-refractivity contribution in [2.24, 2.45) is 0 Å². The molecular weight excluding hydrogens is 242 g/mol. The summed E-state index contributed by atoms with van der Waals surface area (Å²) in [5.74, 6) is -1.08. The molecule has 0 aliphatic heterocycles. The van der Waals surface area contributed by atoms with Crippen molar-refractivity contribution in [2.75, 3.05) is 13.2 Å². The molecule has 0 radical (unpaired) electrons. The fourth-order valence-corrected chi connectivity index (χ4v) is 0.911. The third-order valence-corrected chi connectivity index (χ3v) is 1.73. The third-order valence-electron chi connectivity index (χ3n) is 1.26. The van der Waals surface area contributed by atoms with Gasteiger partial charge in [0.15, 0.2) is 5.78 Å². The Morgan fingerprint density at radius 3 is 2.27 bits per heavy atom. The normalized spacial score (nSPS) is 18.5. The molecule has 0 aromatic carbocycles. The number of aliphatic hydroxyl groups excluding tert-OH is 3. The van der Waals surface area contributed by atoms with Crippen LogP contribution in [0.25, 0.3) is 0 Å². The van der Waals surface area contributed by atoms with Crippen LogP contribution in [0.5, 0.6) is 0 Å². The van der Waals surface area contributed by atoms with E-state index >= 15 is 0 Å². The molecule has 10 heteroatoms. The van der Waals surface area contributed by atoms with Gasteiger partial charge in [0.25, 0.3) is 7.82 Å². The van der Waals surface area contributed by atoms with Crippen LogP contribution in [0.1, 0.15) is 0 Å². The SMILES string of the molecule is O=C(CO)C(O)C(O)COP(=O)([O-])O.[Na+]. The van der Waals surface area contributed by atoms with Gasteiger partial charge in [-0.25, -0.2) is 0 Å². The molecule has 4 N–H and O–H groups in total. The minimum Gasteiger partial charge on any atom is -0.756 e. The first-order valence-corrected chi connectivity index (χ1v) is 4.95. The zero-order valence-electron chi connectivity index (χ0n) is 7.94. The molecule has 0 aliphatic carbocycles. The molecule has 0 saturated carbocycles. The van der Waals surface area contributed by atoms with Crippen molar-refractivity contribution in [3.63, 3.8) is 0 Å². The molecule has 3 atom stereocenters. The molecule has 0 rings (SSSR count). The number of ketones is 1. The van der Waals surface area contributed by atoms with Crippen molar-refractivity contribution < 1.29 is 68.5 Å². The van der Waals surface area contributed by atoms with Crippen LogP contribution in [0.3, 0.4) is 0 Å². The molecular formula is C5H10NaO8P. The number of Topliss-reactive ketones (excluding diaryl/α,β-unsaturated/α-hetero) is 1. The summed E-state index contributed by atoms with van der Waals surface area (Å²) < 4.78 is 13.8. The standard InChI is InChI=1S/C5H11O8P.Na/c6-1-3(7)5(9)4(8)2-13-14(10,11)12;/h4-6,8-9H,1-2H2,(H2,10,11,12);/q;+1/p-1. The molecule has 0 saturated heterocycles. The number of hydrogen-bond donors (Lipinski definition) is 4. The van der Waals surface area contributed by atoms with E-state index in [1.165, 1.54) is 0 Å². The quantitative estimate of drug-likeness (QED) is 0.269. The summed E-state index contributed by atoms with van der Waals surface area (Å²) in [6.45, 7) is -1.96. The van der Waals surface area contributed by atoms with E-state index in [4.69, 9.17) is 20.2 Å². The molecule has 3 unspecified atom stereocenters. The van der Waals surface area contributed by atoms with Crippen molar-refractivity contribution >= 4 is 13.6 Å². The maximum atomic E-state index is 10.6. The second-order valence-corrected chi connectivity index (χ2v) is 3.60. The third kappa shape index (κ3) is 8.47. The van der Waals surface area contributed by atoms with Gasteiger partial charge in [-0.3, -0.25) is 9.36 Å². The van der Waals surface area contributed by atoms with E-state index in [-0.39, 0.29) is 29.6 Å². The summed E-state index contributed by atoms with van der Waals surface area (Å²) in [6, 6.07) is 0. The summed E-state index contributed by atoms with van der Waals surface area (Å²) in [5.41, 5.74) is 0. The predicted molar refractivity (Wildman–Crippen MR) is 39.9 cm³/mol. The summed E-state index contributed by atoms with van der Waals surface area (Å²) in [7, 11) is -4.99. The molecule has 0 bridgehead atoms. The Bertz CT molecular complexity index is 239. The second-order valence-electron chi connectivity index (χ2n) is 2.40. The molecule has 15 heavy (non-hydrogen) atoms. The van der Waals surface area contributed by atoms with Crippen LogP contribution in [0.2, 0.25) is 0 Å². The van der Waals surface area contributed by atoms with E-state index in [0.29, 0.717) is 0 Å². The number of phosphoric acid groups is 1. The summed E-state index contributed by atoms with van der Waals surface area (Å²) in [4.78, 5) is 28.7. The molecule has 0 aromatic heterocycles. The van der Waals surface area contributed by atoms with Gasteiger partial charge in [0, 0.05) is 0 Å². The van der Waals surface area contributed by atoms with Gasteiger partial charge < -0.3 is 29.6 Å². The van der Waals surface area contributed by atoms with E-state index in [0.717, 1.165) is 0 Å². The maximum absolute atomic E-state index is 10.6. The van der Waals surface area contributed by atoms with Crippen molar-refractivity contribution in [1.29, 1.82) is 0 Å². The first-order chi connectivity index (χ1) is 6.28. The van der Waals surface area contributed by atoms with E-state index < -0.39 is 39.0 Å². The Morgan fingerprint density at radius 2 is 1.93 bits per heavy atom. The van der Waals surface area contributed by atoms with Gasteiger partial charge in [-0.15, -0.1) is 0 Å². The van der Waals surface area contributed by atoms with Crippen LogP contribution in [0.15, 0.2) is 0 Å². The van der Waals surface area contributed by atoms with Crippen molar-refractivity contribution in [3.05, 3.63) is 0 Å². The monoisotopic (exact) mass is 252 g/mol. The van der Waals surface area contributed by atoms with Gasteiger partial charge in [0.05, 0.1) is 6.61 Å². The van der Waals surface area contributed by atoms with Gasteiger partial charge in [0.2, 0.25) is 0 Å². The molecule has 84 valence electrons.